The van der Waals surface area contributed by atoms with E-state index in [2.05, 4.69) is 39.8 Å². The van der Waals surface area contributed by atoms with Crippen LogP contribution >= 0.6 is 0 Å². The molecule has 6 nitrogen and oxygen atoms in total. The minimum Gasteiger partial charge on any atom is -0.444 e. The van der Waals surface area contributed by atoms with Gasteiger partial charge in [0.25, 0.3) is 0 Å². The van der Waals surface area contributed by atoms with Gasteiger partial charge >= 0.3 is 6.09 Å². The first kappa shape index (κ1) is 18.2. The predicted octanol–water partition coefficient (Wildman–Crippen LogP) is 2.77. The number of hydrogen-bond acceptors (Lipinski definition) is 5. The molecular formula is C19H30N4O2. The molecule has 6 heteroatoms. The van der Waals surface area contributed by atoms with E-state index in [0.29, 0.717) is 6.04 Å². The quantitative estimate of drug-likeness (QED) is 0.881. The Morgan fingerprint density at radius 3 is 2.60 bits per heavy atom. The van der Waals surface area contributed by atoms with E-state index in [1.807, 2.05) is 26.8 Å². The van der Waals surface area contributed by atoms with Gasteiger partial charge in [0.05, 0.1) is 0 Å². The van der Waals surface area contributed by atoms with Crippen molar-refractivity contribution in [3.63, 3.8) is 0 Å². The number of amides is 1. The Bertz CT molecular complexity index is 618. The molecule has 1 saturated heterocycles. The van der Waals surface area contributed by atoms with Gasteiger partial charge in [-0.3, -0.25) is 5.32 Å². The minimum absolute atomic E-state index is 0.369. The molecule has 1 aromatic rings. The first-order valence-corrected chi connectivity index (χ1v) is 9.13. The lowest BCUT2D eigenvalue weighted by Crippen LogP contribution is -2.51. The van der Waals surface area contributed by atoms with Crippen molar-refractivity contribution in [1.82, 2.24) is 15.3 Å². The van der Waals surface area contributed by atoms with Crippen LogP contribution in [0.4, 0.5) is 10.5 Å². The number of hydrogen-bond donors (Lipinski definition) is 2. The molecule has 1 aliphatic heterocycles. The molecule has 1 aromatic carbocycles. The number of aryl methyl sites for hydroxylation is 1. The van der Waals surface area contributed by atoms with Crippen molar-refractivity contribution in [1.29, 1.82) is 0 Å². The van der Waals surface area contributed by atoms with Crippen LogP contribution < -0.4 is 10.7 Å². The molecule has 0 radical (unpaired) electrons. The number of piperazine rings is 1. The molecule has 1 amide bonds. The summed E-state index contributed by atoms with van der Waals surface area (Å²) in [5.41, 5.74) is 6.64. The van der Waals surface area contributed by atoms with E-state index in [9.17, 15) is 4.79 Å². The van der Waals surface area contributed by atoms with Crippen LogP contribution in [0.1, 0.15) is 44.4 Å². The fourth-order valence-corrected chi connectivity index (χ4v) is 3.41. The van der Waals surface area contributed by atoms with Crippen molar-refractivity contribution < 1.29 is 9.53 Å². The van der Waals surface area contributed by atoms with E-state index >= 15 is 0 Å². The third-order valence-corrected chi connectivity index (χ3v) is 4.71. The van der Waals surface area contributed by atoms with Crippen molar-refractivity contribution >= 4 is 11.8 Å². The summed E-state index contributed by atoms with van der Waals surface area (Å²) in [6.07, 6.45) is 1.72. The average Bonchev–Trinajstić information content (AvgIpc) is 2.90. The third-order valence-electron chi connectivity index (χ3n) is 4.71. The van der Waals surface area contributed by atoms with Gasteiger partial charge in [-0.2, -0.15) is 0 Å². The van der Waals surface area contributed by atoms with E-state index in [1.165, 1.54) is 11.1 Å². The molecule has 1 unspecified atom stereocenters. The highest BCUT2D eigenvalue weighted by Gasteiger charge is 2.26. The Labute approximate surface area is 150 Å². The van der Waals surface area contributed by atoms with Gasteiger partial charge in [-0.05, 0) is 63.9 Å². The first-order chi connectivity index (χ1) is 11.8. The zero-order valence-corrected chi connectivity index (χ0v) is 15.8. The molecule has 0 spiro atoms. The Kier molecular flexibility index (Phi) is 5.32. The van der Waals surface area contributed by atoms with E-state index in [4.69, 9.17) is 4.74 Å². The molecule has 1 fully saturated rings. The number of anilines is 1. The zero-order chi connectivity index (χ0) is 18.0. The maximum absolute atomic E-state index is 11.9. The van der Waals surface area contributed by atoms with Gasteiger partial charge in [0.15, 0.2) is 0 Å². The minimum atomic E-state index is -0.488. The normalized spacial score (nSPS) is 21.8. The second-order valence-corrected chi connectivity index (χ2v) is 8.05. The summed E-state index contributed by atoms with van der Waals surface area (Å²) >= 11 is 0. The first-order valence-electron chi connectivity index (χ1n) is 9.13. The van der Waals surface area contributed by atoms with Crippen molar-refractivity contribution in [2.75, 3.05) is 38.5 Å². The fraction of sp³-hybridized carbons (Fsp3) is 0.632. The molecule has 0 bridgehead atoms. The number of likely N-dealkylation sites (N-methyl/N-ethyl adjacent to an activating group) is 1. The van der Waals surface area contributed by atoms with Crippen molar-refractivity contribution in [2.45, 2.75) is 45.3 Å². The van der Waals surface area contributed by atoms with Crippen LogP contribution in [0.15, 0.2) is 18.2 Å². The number of carbonyl (C=O) groups is 1. The summed E-state index contributed by atoms with van der Waals surface area (Å²) in [6.45, 7) is 9.91. The number of carbonyl (C=O) groups excluding carboxylic acids is 1. The number of nitrogens with zero attached hydrogens (tertiary/aromatic N) is 2. The summed E-state index contributed by atoms with van der Waals surface area (Å²) in [6, 6.07) is 6.54. The molecule has 3 rings (SSSR count). The zero-order valence-electron chi connectivity index (χ0n) is 15.8. The lowest BCUT2D eigenvalue weighted by atomic mass is 10.1. The number of hydrazine groups is 1. The van der Waals surface area contributed by atoms with Gasteiger partial charge in [0.2, 0.25) is 0 Å². The lowest BCUT2D eigenvalue weighted by molar-refractivity contribution is 0.0636. The Morgan fingerprint density at radius 2 is 1.92 bits per heavy atom. The Hall–Kier alpha value is -1.63. The molecular weight excluding hydrogens is 316 g/mol. The van der Waals surface area contributed by atoms with Crippen molar-refractivity contribution in [3.8, 4) is 0 Å². The average molecular weight is 346 g/mol. The molecule has 1 aliphatic carbocycles. The monoisotopic (exact) mass is 346 g/mol. The standard InChI is InChI=1S/C19H30N4O2/c1-19(2,3)25-18(24)20-15-6-7-16-14(13-15)5-8-17(16)21-23-11-9-22(4)10-12-23/h6-7,13,17,21H,5,8-12H2,1-4H3,(H,20,24). The number of benzene rings is 1. The summed E-state index contributed by atoms with van der Waals surface area (Å²) < 4.78 is 5.32. The van der Waals surface area contributed by atoms with Crippen LogP contribution in [0.25, 0.3) is 0 Å². The highest BCUT2D eigenvalue weighted by Crippen LogP contribution is 2.33. The predicted molar refractivity (Wildman–Crippen MR) is 99.6 cm³/mol. The summed E-state index contributed by atoms with van der Waals surface area (Å²) in [5, 5.41) is 5.17. The summed E-state index contributed by atoms with van der Waals surface area (Å²) in [4.78, 5) is 14.3. The Balaban J connectivity index is 1.59. The molecule has 25 heavy (non-hydrogen) atoms. The van der Waals surface area contributed by atoms with Gasteiger partial charge in [-0.1, -0.05) is 6.07 Å². The van der Waals surface area contributed by atoms with Crippen LogP contribution in [-0.4, -0.2) is 54.8 Å². The summed E-state index contributed by atoms with van der Waals surface area (Å²) in [5.74, 6) is 0. The topological polar surface area (TPSA) is 56.8 Å². The summed E-state index contributed by atoms with van der Waals surface area (Å²) in [7, 11) is 2.17. The molecule has 1 atom stereocenters. The largest absolute Gasteiger partial charge is 0.444 e. The van der Waals surface area contributed by atoms with E-state index in [-0.39, 0.29) is 0 Å². The molecule has 0 saturated carbocycles. The maximum Gasteiger partial charge on any atom is 0.412 e. The number of rotatable bonds is 3. The second-order valence-electron chi connectivity index (χ2n) is 8.05. The van der Waals surface area contributed by atoms with Gasteiger partial charge < -0.3 is 9.64 Å². The van der Waals surface area contributed by atoms with Crippen LogP contribution in [0.2, 0.25) is 0 Å². The highest BCUT2D eigenvalue weighted by atomic mass is 16.6. The van der Waals surface area contributed by atoms with E-state index in [0.717, 1.165) is 44.7 Å². The Morgan fingerprint density at radius 1 is 1.20 bits per heavy atom. The van der Waals surface area contributed by atoms with Crippen LogP contribution in [0, 0.1) is 0 Å². The van der Waals surface area contributed by atoms with Crippen molar-refractivity contribution in [3.05, 3.63) is 29.3 Å². The van der Waals surface area contributed by atoms with Gasteiger partial charge in [0.1, 0.15) is 5.60 Å². The van der Waals surface area contributed by atoms with Crippen LogP contribution in [0.3, 0.4) is 0 Å². The van der Waals surface area contributed by atoms with Crippen molar-refractivity contribution in [2.24, 2.45) is 0 Å². The highest BCUT2D eigenvalue weighted by molar-refractivity contribution is 5.85. The maximum atomic E-state index is 11.9. The molecule has 2 aliphatic rings. The van der Waals surface area contributed by atoms with Crippen LogP contribution in [0.5, 0.6) is 0 Å². The number of fused-ring (bicyclic) bond motifs is 1. The van der Waals surface area contributed by atoms with Gasteiger partial charge in [0, 0.05) is 37.9 Å². The molecule has 2 N–H and O–H groups in total. The van der Waals surface area contributed by atoms with E-state index in [1.54, 1.807) is 0 Å². The van der Waals surface area contributed by atoms with Gasteiger partial charge in [-0.25, -0.2) is 15.2 Å². The second kappa shape index (κ2) is 7.32. The fourth-order valence-electron chi connectivity index (χ4n) is 3.41. The van der Waals surface area contributed by atoms with Crippen LogP contribution in [-0.2, 0) is 11.2 Å². The third kappa shape index (κ3) is 4.93. The SMILES string of the molecule is CN1CCN(NC2CCc3cc(NC(=O)OC(C)(C)C)ccc32)CC1. The number of nitrogens with one attached hydrogen (secondary N) is 2. The molecule has 0 aromatic heterocycles. The lowest BCUT2D eigenvalue weighted by Gasteiger charge is -2.34. The molecule has 1 heterocycles. The number of ether oxygens (including phenoxy) is 1. The smallest absolute Gasteiger partial charge is 0.412 e. The van der Waals surface area contributed by atoms with E-state index < -0.39 is 11.7 Å². The molecule has 138 valence electrons. The van der Waals surface area contributed by atoms with Gasteiger partial charge in [-0.15, -0.1) is 0 Å².